The summed E-state index contributed by atoms with van der Waals surface area (Å²) in [7, 11) is -4.67. The van der Waals surface area contributed by atoms with Gasteiger partial charge in [-0.15, -0.1) is 0 Å². The Balaban J connectivity index is 0.000000695. The lowest BCUT2D eigenvalue weighted by atomic mass is 10.0. The number of benzene rings is 2. The van der Waals surface area contributed by atoms with E-state index in [1.165, 1.54) is 0 Å². The third-order valence-corrected chi connectivity index (χ3v) is 5.85. The Hall–Kier alpha value is -3.32. The van der Waals surface area contributed by atoms with E-state index in [2.05, 4.69) is 4.90 Å². The van der Waals surface area contributed by atoms with Crippen molar-refractivity contribution in [2.45, 2.75) is 33.3 Å². The molecule has 0 aliphatic carbocycles. The standard InChI is InChI=1S/C25H30N4O3.H2O4S/c1-16(2)14-22(31)25(32)29-12-10-28(11-13-29)24-18-9-8-17(3)15-20(18)26-23(27-24)19-6-4-5-7-21(19)30;1-5(2,3)4/h4-9,15-16,22,30-31H,10-14H2,1-3H3;(H2,1,2,3,4)/t22-;/m1./s1. The van der Waals surface area contributed by atoms with Crippen LogP contribution in [-0.4, -0.2) is 80.8 Å². The molecule has 2 heterocycles. The molecule has 12 heteroatoms. The van der Waals surface area contributed by atoms with E-state index in [9.17, 15) is 15.0 Å². The van der Waals surface area contributed by atoms with Gasteiger partial charge in [0, 0.05) is 31.6 Å². The van der Waals surface area contributed by atoms with Crippen LogP contribution in [0.4, 0.5) is 5.82 Å². The zero-order chi connectivity index (χ0) is 27.3. The first-order chi connectivity index (χ1) is 17.3. The number of aliphatic hydroxyl groups is 1. The number of piperazine rings is 1. The average molecular weight is 533 g/mol. The molecule has 0 spiro atoms. The first-order valence-electron chi connectivity index (χ1n) is 11.8. The molecule has 1 fully saturated rings. The maximum absolute atomic E-state index is 12.6. The fourth-order valence-corrected chi connectivity index (χ4v) is 4.14. The fraction of sp³-hybridized carbons (Fsp3) is 0.400. The Kier molecular flexibility index (Phi) is 9.02. The van der Waals surface area contributed by atoms with E-state index in [0.717, 1.165) is 22.3 Å². The molecule has 37 heavy (non-hydrogen) atoms. The normalized spacial score (nSPS) is 14.9. The monoisotopic (exact) mass is 532 g/mol. The highest BCUT2D eigenvalue weighted by molar-refractivity contribution is 7.79. The highest BCUT2D eigenvalue weighted by Gasteiger charge is 2.28. The maximum atomic E-state index is 12.6. The average Bonchev–Trinajstić information content (AvgIpc) is 2.81. The Morgan fingerprint density at radius 3 is 2.24 bits per heavy atom. The SMILES string of the molecule is Cc1ccc2c(N3CCN(C(=O)[C@H](O)CC(C)C)CC3)nc(-c3ccccc3O)nc2c1.O=S(=O)(O)O. The summed E-state index contributed by atoms with van der Waals surface area (Å²) in [6.45, 7) is 8.29. The van der Waals surface area contributed by atoms with Crippen molar-refractivity contribution >= 4 is 33.0 Å². The topological polar surface area (TPSA) is 164 Å². The van der Waals surface area contributed by atoms with Gasteiger partial charge in [-0.2, -0.15) is 8.42 Å². The molecule has 0 unspecified atom stereocenters. The van der Waals surface area contributed by atoms with Crippen LogP contribution in [0.15, 0.2) is 42.5 Å². The van der Waals surface area contributed by atoms with E-state index in [1.54, 1.807) is 17.0 Å². The van der Waals surface area contributed by atoms with Crippen molar-refractivity contribution in [3.63, 3.8) is 0 Å². The van der Waals surface area contributed by atoms with Crippen LogP contribution in [0.1, 0.15) is 25.8 Å². The second-order valence-corrected chi connectivity index (χ2v) is 10.2. The number of carbonyl (C=O) groups excluding carboxylic acids is 1. The van der Waals surface area contributed by atoms with Crippen molar-refractivity contribution in [2.75, 3.05) is 31.1 Å². The van der Waals surface area contributed by atoms with Gasteiger partial charge in [0.15, 0.2) is 5.82 Å². The number of amides is 1. The molecule has 1 saturated heterocycles. The molecule has 0 radical (unpaired) electrons. The Morgan fingerprint density at radius 2 is 1.65 bits per heavy atom. The van der Waals surface area contributed by atoms with Crippen LogP contribution < -0.4 is 4.90 Å². The maximum Gasteiger partial charge on any atom is 0.394 e. The molecule has 1 atom stereocenters. The summed E-state index contributed by atoms with van der Waals surface area (Å²) < 4.78 is 31.6. The van der Waals surface area contributed by atoms with Crippen LogP contribution in [-0.2, 0) is 15.2 Å². The molecule has 1 aliphatic heterocycles. The highest BCUT2D eigenvalue weighted by atomic mass is 32.3. The van der Waals surface area contributed by atoms with Crippen molar-refractivity contribution in [3.8, 4) is 17.1 Å². The lowest BCUT2D eigenvalue weighted by molar-refractivity contribution is -0.141. The number of carbonyl (C=O) groups is 1. The zero-order valence-corrected chi connectivity index (χ0v) is 21.8. The zero-order valence-electron chi connectivity index (χ0n) is 20.9. The van der Waals surface area contributed by atoms with E-state index in [4.69, 9.17) is 27.5 Å². The lowest BCUT2D eigenvalue weighted by Crippen LogP contribution is -2.52. The van der Waals surface area contributed by atoms with Crippen LogP contribution in [0, 0.1) is 12.8 Å². The molecule has 0 saturated carbocycles. The number of phenols is 1. The van der Waals surface area contributed by atoms with Gasteiger partial charge < -0.3 is 20.0 Å². The lowest BCUT2D eigenvalue weighted by Gasteiger charge is -2.37. The van der Waals surface area contributed by atoms with Crippen molar-refractivity contribution in [2.24, 2.45) is 5.92 Å². The minimum absolute atomic E-state index is 0.139. The van der Waals surface area contributed by atoms with Crippen LogP contribution in [0.2, 0.25) is 0 Å². The first-order valence-corrected chi connectivity index (χ1v) is 13.2. The van der Waals surface area contributed by atoms with Crippen molar-refractivity contribution in [3.05, 3.63) is 48.0 Å². The molecule has 11 nitrogen and oxygen atoms in total. The summed E-state index contributed by atoms with van der Waals surface area (Å²) in [6, 6.07) is 13.1. The number of hydrogen-bond acceptors (Lipinski definition) is 8. The minimum atomic E-state index is -4.67. The molecule has 0 bridgehead atoms. The number of aromatic hydroxyl groups is 1. The largest absolute Gasteiger partial charge is 0.507 e. The smallest absolute Gasteiger partial charge is 0.394 e. The number of anilines is 1. The molecule has 200 valence electrons. The number of aliphatic hydroxyl groups excluding tert-OH is 1. The minimum Gasteiger partial charge on any atom is -0.507 e. The van der Waals surface area contributed by atoms with Gasteiger partial charge in [-0.3, -0.25) is 13.9 Å². The summed E-state index contributed by atoms with van der Waals surface area (Å²) in [5, 5.41) is 21.5. The number of hydrogen-bond donors (Lipinski definition) is 4. The molecular weight excluding hydrogens is 500 g/mol. The number of aromatic nitrogens is 2. The van der Waals surface area contributed by atoms with Crippen LogP contribution in [0.5, 0.6) is 5.75 Å². The number of phenolic OH excluding ortho intramolecular Hbond substituents is 1. The van der Waals surface area contributed by atoms with Gasteiger partial charge in [0.05, 0.1) is 11.1 Å². The van der Waals surface area contributed by atoms with E-state index in [0.29, 0.717) is 44.0 Å². The van der Waals surface area contributed by atoms with Crippen molar-refractivity contribution in [1.82, 2.24) is 14.9 Å². The Labute approximate surface area is 216 Å². The number of aryl methyl sites for hydroxylation is 1. The van der Waals surface area contributed by atoms with Gasteiger partial charge in [0.25, 0.3) is 5.91 Å². The molecule has 4 rings (SSSR count). The molecule has 1 aliphatic rings. The second-order valence-electron chi connectivity index (χ2n) is 9.31. The van der Waals surface area contributed by atoms with Crippen LogP contribution >= 0.6 is 0 Å². The number of rotatable bonds is 5. The van der Waals surface area contributed by atoms with E-state index in [-0.39, 0.29) is 17.6 Å². The number of nitrogens with zero attached hydrogens (tertiary/aromatic N) is 4. The number of fused-ring (bicyclic) bond motifs is 1. The van der Waals surface area contributed by atoms with Crippen LogP contribution in [0.3, 0.4) is 0 Å². The predicted molar refractivity (Wildman–Crippen MR) is 140 cm³/mol. The summed E-state index contributed by atoms with van der Waals surface area (Å²) in [4.78, 5) is 26.1. The van der Waals surface area contributed by atoms with Gasteiger partial charge in [0.2, 0.25) is 0 Å². The number of para-hydroxylation sites is 1. The van der Waals surface area contributed by atoms with E-state index in [1.807, 2.05) is 51.1 Å². The quantitative estimate of drug-likeness (QED) is 0.359. The Bertz CT molecular complexity index is 1350. The van der Waals surface area contributed by atoms with Crippen molar-refractivity contribution < 1.29 is 32.5 Å². The molecule has 2 aromatic carbocycles. The van der Waals surface area contributed by atoms with Gasteiger partial charge in [-0.05, 0) is 49.1 Å². The summed E-state index contributed by atoms with van der Waals surface area (Å²) in [5.41, 5.74) is 2.50. The molecule has 4 N–H and O–H groups in total. The fourth-order valence-electron chi connectivity index (χ4n) is 4.14. The summed E-state index contributed by atoms with van der Waals surface area (Å²) >= 11 is 0. The molecule has 1 amide bonds. The predicted octanol–water partition coefficient (Wildman–Crippen LogP) is 2.71. The molecule has 1 aromatic heterocycles. The first kappa shape index (κ1) is 28.3. The third kappa shape index (κ3) is 7.83. The highest BCUT2D eigenvalue weighted by Crippen LogP contribution is 2.32. The molecule has 3 aromatic rings. The van der Waals surface area contributed by atoms with Gasteiger partial charge in [-0.25, -0.2) is 9.97 Å². The second kappa shape index (κ2) is 11.8. The summed E-state index contributed by atoms with van der Waals surface area (Å²) in [6.07, 6.45) is -0.476. The van der Waals surface area contributed by atoms with Gasteiger partial charge >= 0.3 is 10.4 Å². The van der Waals surface area contributed by atoms with E-state index < -0.39 is 16.5 Å². The third-order valence-electron chi connectivity index (χ3n) is 5.85. The van der Waals surface area contributed by atoms with Crippen molar-refractivity contribution in [1.29, 1.82) is 0 Å². The van der Waals surface area contributed by atoms with Crippen LogP contribution in [0.25, 0.3) is 22.3 Å². The summed E-state index contributed by atoms with van der Waals surface area (Å²) in [5.74, 6) is 1.47. The van der Waals surface area contributed by atoms with Gasteiger partial charge in [-0.1, -0.05) is 32.0 Å². The van der Waals surface area contributed by atoms with E-state index >= 15 is 0 Å². The van der Waals surface area contributed by atoms with Gasteiger partial charge in [0.1, 0.15) is 17.7 Å². The Morgan fingerprint density at radius 1 is 1.03 bits per heavy atom. The molecular formula is C25H32N4O7S.